The molecule has 0 fully saturated rings. The standard InChI is InChI=1S/C15H15N3O2/c1-19-13-7-3-11(4-8-13)15(17-18-16)12-5-9-14(20-2)10-6-12/h3-10,15H,1-2H3. The second-order valence-electron chi connectivity index (χ2n) is 4.15. The molecule has 0 aliphatic rings. The first-order chi connectivity index (χ1) is 9.78. The van der Waals surface area contributed by atoms with Gasteiger partial charge in [0.2, 0.25) is 0 Å². The number of azide groups is 1. The fourth-order valence-electron chi connectivity index (χ4n) is 1.95. The van der Waals surface area contributed by atoms with Crippen LogP contribution >= 0.6 is 0 Å². The van der Waals surface area contributed by atoms with Gasteiger partial charge in [0.1, 0.15) is 11.5 Å². The fraction of sp³-hybridized carbons (Fsp3) is 0.200. The molecule has 0 atom stereocenters. The highest BCUT2D eigenvalue weighted by atomic mass is 16.5. The molecule has 5 heteroatoms. The van der Waals surface area contributed by atoms with Crippen LogP contribution in [0.15, 0.2) is 53.6 Å². The van der Waals surface area contributed by atoms with Gasteiger partial charge in [-0.25, -0.2) is 0 Å². The third-order valence-corrected chi connectivity index (χ3v) is 3.03. The van der Waals surface area contributed by atoms with E-state index in [4.69, 9.17) is 15.0 Å². The van der Waals surface area contributed by atoms with Crippen LogP contribution in [0.25, 0.3) is 10.4 Å². The van der Waals surface area contributed by atoms with E-state index in [1.165, 1.54) is 0 Å². The Labute approximate surface area is 117 Å². The SMILES string of the molecule is COc1ccc(C(N=[N+]=[N-])c2ccc(OC)cc2)cc1. The van der Waals surface area contributed by atoms with Gasteiger partial charge in [-0.3, -0.25) is 0 Å². The van der Waals surface area contributed by atoms with Gasteiger partial charge in [-0.15, -0.1) is 0 Å². The Bertz CT molecular complexity index is 555. The van der Waals surface area contributed by atoms with Crippen molar-refractivity contribution in [1.29, 1.82) is 0 Å². The van der Waals surface area contributed by atoms with Gasteiger partial charge in [-0.1, -0.05) is 29.4 Å². The summed E-state index contributed by atoms with van der Waals surface area (Å²) in [6.07, 6.45) is 0. The van der Waals surface area contributed by atoms with Crippen molar-refractivity contribution >= 4 is 0 Å². The zero-order chi connectivity index (χ0) is 14.4. The lowest BCUT2D eigenvalue weighted by Crippen LogP contribution is -1.97. The maximum absolute atomic E-state index is 8.77. The van der Waals surface area contributed by atoms with Crippen molar-refractivity contribution in [2.24, 2.45) is 5.11 Å². The Hall–Kier alpha value is -2.65. The van der Waals surface area contributed by atoms with Crippen LogP contribution in [0.2, 0.25) is 0 Å². The zero-order valence-corrected chi connectivity index (χ0v) is 11.4. The van der Waals surface area contributed by atoms with Crippen molar-refractivity contribution in [1.82, 2.24) is 0 Å². The molecular formula is C15H15N3O2. The lowest BCUT2D eigenvalue weighted by Gasteiger charge is -2.13. The molecule has 5 nitrogen and oxygen atoms in total. The average Bonchev–Trinajstić information content (AvgIpc) is 2.53. The van der Waals surface area contributed by atoms with E-state index in [1.807, 2.05) is 48.5 Å². The van der Waals surface area contributed by atoms with Crippen LogP contribution in [0.3, 0.4) is 0 Å². The maximum Gasteiger partial charge on any atom is 0.118 e. The highest BCUT2D eigenvalue weighted by molar-refractivity contribution is 5.37. The molecular weight excluding hydrogens is 254 g/mol. The Morgan fingerprint density at radius 1 is 0.850 bits per heavy atom. The first-order valence-corrected chi connectivity index (χ1v) is 6.10. The van der Waals surface area contributed by atoms with Crippen molar-refractivity contribution in [2.75, 3.05) is 14.2 Å². The van der Waals surface area contributed by atoms with Gasteiger partial charge in [0.25, 0.3) is 0 Å². The van der Waals surface area contributed by atoms with Crippen LogP contribution in [-0.4, -0.2) is 14.2 Å². The minimum Gasteiger partial charge on any atom is -0.497 e. The van der Waals surface area contributed by atoms with E-state index in [9.17, 15) is 0 Å². The van der Waals surface area contributed by atoms with E-state index in [1.54, 1.807) is 14.2 Å². The number of ether oxygens (including phenoxy) is 2. The first kappa shape index (κ1) is 13.8. The summed E-state index contributed by atoms with van der Waals surface area (Å²) in [5.74, 6) is 1.53. The second kappa shape index (κ2) is 6.50. The van der Waals surface area contributed by atoms with Gasteiger partial charge in [-0.05, 0) is 40.9 Å². The van der Waals surface area contributed by atoms with Crippen molar-refractivity contribution in [3.8, 4) is 11.5 Å². The highest BCUT2D eigenvalue weighted by Crippen LogP contribution is 2.29. The monoisotopic (exact) mass is 269 g/mol. The van der Waals surface area contributed by atoms with Gasteiger partial charge >= 0.3 is 0 Å². The van der Waals surface area contributed by atoms with Gasteiger partial charge < -0.3 is 9.47 Å². The summed E-state index contributed by atoms with van der Waals surface area (Å²) in [7, 11) is 3.23. The van der Waals surface area contributed by atoms with Crippen LogP contribution in [0.5, 0.6) is 11.5 Å². The van der Waals surface area contributed by atoms with Gasteiger partial charge in [0.15, 0.2) is 0 Å². The summed E-state index contributed by atoms with van der Waals surface area (Å²) in [5, 5.41) is 3.87. The molecule has 2 aromatic rings. The summed E-state index contributed by atoms with van der Waals surface area (Å²) in [6.45, 7) is 0. The lowest BCUT2D eigenvalue weighted by atomic mass is 9.99. The van der Waals surface area contributed by atoms with Crippen LogP contribution < -0.4 is 9.47 Å². The minimum absolute atomic E-state index is 0.364. The Morgan fingerprint density at radius 2 is 1.25 bits per heavy atom. The van der Waals surface area contributed by atoms with Crippen LogP contribution in [0.4, 0.5) is 0 Å². The molecule has 0 amide bonds. The van der Waals surface area contributed by atoms with Gasteiger partial charge in [0.05, 0.1) is 20.3 Å². The van der Waals surface area contributed by atoms with Crippen LogP contribution in [-0.2, 0) is 0 Å². The predicted octanol–water partition coefficient (Wildman–Crippen LogP) is 4.10. The lowest BCUT2D eigenvalue weighted by molar-refractivity contribution is 0.414. The molecule has 0 saturated heterocycles. The van der Waals surface area contributed by atoms with Gasteiger partial charge in [0, 0.05) is 4.91 Å². The number of rotatable bonds is 5. The first-order valence-electron chi connectivity index (χ1n) is 6.10. The molecule has 0 aromatic heterocycles. The summed E-state index contributed by atoms with van der Waals surface area (Å²) < 4.78 is 10.2. The van der Waals surface area contributed by atoms with Gasteiger partial charge in [-0.2, -0.15) is 0 Å². The van der Waals surface area contributed by atoms with E-state index in [0.29, 0.717) is 0 Å². The van der Waals surface area contributed by atoms with E-state index >= 15 is 0 Å². The van der Waals surface area contributed by atoms with E-state index < -0.39 is 0 Å². The topological polar surface area (TPSA) is 67.2 Å². The zero-order valence-electron chi connectivity index (χ0n) is 11.4. The number of nitrogens with zero attached hydrogens (tertiary/aromatic N) is 3. The quantitative estimate of drug-likeness (QED) is 0.466. The molecule has 102 valence electrons. The third kappa shape index (κ3) is 3.02. The summed E-state index contributed by atoms with van der Waals surface area (Å²) in [5.41, 5.74) is 10.6. The fourth-order valence-corrected chi connectivity index (χ4v) is 1.95. The smallest absolute Gasteiger partial charge is 0.118 e. The van der Waals surface area contributed by atoms with Crippen molar-refractivity contribution in [3.63, 3.8) is 0 Å². The molecule has 2 rings (SSSR count). The van der Waals surface area contributed by atoms with Crippen LogP contribution in [0.1, 0.15) is 17.2 Å². The molecule has 0 unspecified atom stereocenters. The molecule has 0 aliphatic carbocycles. The molecule has 0 saturated carbocycles. The van der Waals surface area contributed by atoms with Crippen molar-refractivity contribution < 1.29 is 9.47 Å². The van der Waals surface area contributed by atoms with Crippen molar-refractivity contribution in [2.45, 2.75) is 6.04 Å². The molecule has 0 bridgehead atoms. The molecule has 0 N–H and O–H groups in total. The maximum atomic E-state index is 8.77. The molecule has 0 spiro atoms. The largest absolute Gasteiger partial charge is 0.497 e. The molecule has 0 heterocycles. The van der Waals surface area contributed by atoms with Crippen LogP contribution in [0, 0.1) is 0 Å². The van der Waals surface area contributed by atoms with E-state index in [-0.39, 0.29) is 6.04 Å². The third-order valence-electron chi connectivity index (χ3n) is 3.03. The molecule has 0 radical (unpaired) electrons. The Kier molecular flexibility index (Phi) is 4.47. The number of benzene rings is 2. The minimum atomic E-state index is -0.364. The van der Waals surface area contributed by atoms with E-state index in [0.717, 1.165) is 22.6 Å². The average molecular weight is 269 g/mol. The second-order valence-corrected chi connectivity index (χ2v) is 4.15. The molecule has 2 aromatic carbocycles. The van der Waals surface area contributed by atoms with Crippen molar-refractivity contribution in [3.05, 3.63) is 70.1 Å². The number of hydrogen-bond donors (Lipinski definition) is 0. The normalized spacial score (nSPS) is 9.95. The highest BCUT2D eigenvalue weighted by Gasteiger charge is 2.12. The molecule has 20 heavy (non-hydrogen) atoms. The molecule has 0 aliphatic heterocycles. The Balaban J connectivity index is 2.35. The number of hydrogen-bond acceptors (Lipinski definition) is 3. The summed E-state index contributed by atoms with van der Waals surface area (Å²) in [4.78, 5) is 2.94. The summed E-state index contributed by atoms with van der Waals surface area (Å²) >= 11 is 0. The predicted molar refractivity (Wildman–Crippen MR) is 77.0 cm³/mol. The Morgan fingerprint density at radius 3 is 1.55 bits per heavy atom. The number of methoxy groups -OCH3 is 2. The summed E-state index contributed by atoms with van der Waals surface area (Å²) in [6, 6.07) is 14.6. The van der Waals surface area contributed by atoms with E-state index in [2.05, 4.69) is 10.0 Å².